The van der Waals surface area contributed by atoms with Gasteiger partial charge in [0.1, 0.15) is 23.7 Å². The number of carbonyl (C=O) groups excluding carboxylic acids is 2. The predicted octanol–water partition coefficient (Wildman–Crippen LogP) is 4.36. The summed E-state index contributed by atoms with van der Waals surface area (Å²) in [6.45, 7) is 11.5. The van der Waals surface area contributed by atoms with E-state index in [0.717, 1.165) is 24.0 Å². The third kappa shape index (κ3) is 5.61. The first-order valence-electron chi connectivity index (χ1n) is 8.78. The Morgan fingerprint density at radius 2 is 2.04 bits per heavy atom. The van der Waals surface area contributed by atoms with E-state index >= 15 is 0 Å². The number of esters is 1. The number of fused-ring (bicyclic) bond motifs is 1. The van der Waals surface area contributed by atoms with Crippen LogP contribution in [0.5, 0.6) is 11.5 Å². The topological polar surface area (TPSA) is 82.1 Å². The SMILES string of the molecule is C=C(C)OC=O.CCC/C(C)=C/Cc1c(O)c2c(c(C)c1OC)COC2=O. The summed E-state index contributed by atoms with van der Waals surface area (Å²) in [5, 5.41) is 10.4. The van der Waals surface area contributed by atoms with Crippen LogP contribution in [0.15, 0.2) is 24.0 Å². The lowest BCUT2D eigenvalue weighted by atomic mass is 9.94. The van der Waals surface area contributed by atoms with Gasteiger partial charge in [0.15, 0.2) is 0 Å². The second-order valence-corrected chi connectivity index (χ2v) is 6.34. The molecule has 0 radical (unpaired) electrons. The number of phenolic OH excluding ortho intramolecular Hbond substituents is 1. The number of hydrogen-bond acceptors (Lipinski definition) is 6. The van der Waals surface area contributed by atoms with Crippen LogP contribution in [-0.4, -0.2) is 24.7 Å². The lowest BCUT2D eigenvalue weighted by Crippen LogP contribution is -2.03. The summed E-state index contributed by atoms with van der Waals surface area (Å²) in [7, 11) is 1.58. The van der Waals surface area contributed by atoms with Crippen molar-refractivity contribution in [2.75, 3.05) is 7.11 Å². The number of phenols is 1. The fraction of sp³-hybridized carbons (Fsp3) is 0.429. The van der Waals surface area contributed by atoms with E-state index in [4.69, 9.17) is 9.47 Å². The van der Waals surface area contributed by atoms with Crippen molar-refractivity contribution < 1.29 is 28.9 Å². The van der Waals surface area contributed by atoms with E-state index < -0.39 is 5.97 Å². The highest BCUT2D eigenvalue weighted by atomic mass is 16.5. The Balaban J connectivity index is 0.000000527. The van der Waals surface area contributed by atoms with Gasteiger partial charge in [0.25, 0.3) is 6.47 Å². The van der Waals surface area contributed by atoms with Gasteiger partial charge in [-0.1, -0.05) is 31.6 Å². The number of aromatic hydroxyl groups is 1. The van der Waals surface area contributed by atoms with Gasteiger partial charge >= 0.3 is 5.97 Å². The smallest absolute Gasteiger partial charge is 0.342 e. The Labute approximate surface area is 160 Å². The van der Waals surface area contributed by atoms with Crippen LogP contribution in [0.4, 0.5) is 0 Å². The zero-order chi connectivity index (χ0) is 20.6. The molecule has 1 aromatic carbocycles. The first-order valence-corrected chi connectivity index (χ1v) is 8.78. The van der Waals surface area contributed by atoms with Gasteiger partial charge in [-0.15, -0.1) is 0 Å². The highest BCUT2D eigenvalue weighted by Crippen LogP contribution is 2.41. The van der Waals surface area contributed by atoms with Crippen molar-refractivity contribution >= 4 is 12.4 Å². The first-order chi connectivity index (χ1) is 12.8. The number of rotatable bonds is 7. The molecular weight excluding hydrogens is 348 g/mol. The maximum Gasteiger partial charge on any atom is 0.342 e. The largest absolute Gasteiger partial charge is 0.507 e. The zero-order valence-electron chi connectivity index (χ0n) is 16.7. The third-order valence-electron chi connectivity index (χ3n) is 4.20. The summed E-state index contributed by atoms with van der Waals surface area (Å²) in [5.74, 6) is 0.606. The van der Waals surface area contributed by atoms with E-state index in [1.165, 1.54) is 5.57 Å². The summed E-state index contributed by atoms with van der Waals surface area (Å²) >= 11 is 0. The van der Waals surface area contributed by atoms with E-state index in [1.807, 2.05) is 6.92 Å². The third-order valence-corrected chi connectivity index (χ3v) is 4.20. The molecule has 0 aromatic heterocycles. The van der Waals surface area contributed by atoms with Crippen molar-refractivity contribution in [1.82, 2.24) is 0 Å². The Hall–Kier alpha value is -2.76. The molecule has 0 spiro atoms. The van der Waals surface area contributed by atoms with Crippen LogP contribution >= 0.6 is 0 Å². The average Bonchev–Trinajstić information content (AvgIpc) is 2.99. The Bertz CT molecular complexity index is 746. The average molecular weight is 376 g/mol. The minimum atomic E-state index is -0.455. The number of methoxy groups -OCH3 is 1. The number of benzene rings is 1. The Morgan fingerprint density at radius 1 is 1.37 bits per heavy atom. The normalized spacial score (nSPS) is 12.5. The maximum atomic E-state index is 11.8. The number of ether oxygens (including phenoxy) is 3. The molecule has 0 fully saturated rings. The van der Waals surface area contributed by atoms with Crippen LogP contribution in [0.2, 0.25) is 0 Å². The van der Waals surface area contributed by atoms with Gasteiger partial charge < -0.3 is 19.3 Å². The van der Waals surface area contributed by atoms with E-state index in [2.05, 4.69) is 31.2 Å². The molecule has 6 nitrogen and oxygen atoms in total. The molecule has 0 amide bonds. The van der Waals surface area contributed by atoms with E-state index in [1.54, 1.807) is 14.0 Å². The van der Waals surface area contributed by atoms with Gasteiger partial charge in [0.05, 0.1) is 12.9 Å². The quantitative estimate of drug-likeness (QED) is 0.329. The number of hydrogen-bond donors (Lipinski definition) is 1. The summed E-state index contributed by atoms with van der Waals surface area (Å²) in [6, 6.07) is 0. The van der Waals surface area contributed by atoms with Crippen LogP contribution in [0.3, 0.4) is 0 Å². The minimum Gasteiger partial charge on any atom is -0.507 e. The van der Waals surface area contributed by atoms with Crippen LogP contribution < -0.4 is 4.74 Å². The Morgan fingerprint density at radius 3 is 2.52 bits per heavy atom. The molecular formula is C21H28O6. The fourth-order valence-corrected chi connectivity index (χ4v) is 2.88. The molecule has 1 aliphatic heterocycles. The number of cyclic esters (lactones) is 1. The van der Waals surface area contributed by atoms with Crippen molar-refractivity contribution in [3.63, 3.8) is 0 Å². The lowest BCUT2D eigenvalue weighted by molar-refractivity contribution is -0.124. The number of carbonyl (C=O) groups is 2. The standard InChI is InChI=1S/C17H22O4.C4H6O2/c1-5-6-10(2)7-8-12-15(18)14-13(9-21-17(14)19)11(3)16(12)20-4;1-4(2)6-3-5/h7,18H,5-6,8-9H2,1-4H3;3H,1H2,2H3/b10-7+;. The predicted molar refractivity (Wildman–Crippen MR) is 103 cm³/mol. The molecule has 6 heteroatoms. The maximum absolute atomic E-state index is 11.8. The van der Waals surface area contributed by atoms with Gasteiger partial charge in [-0.05, 0) is 39.2 Å². The zero-order valence-corrected chi connectivity index (χ0v) is 16.7. The number of allylic oxidation sites excluding steroid dienone is 3. The summed E-state index contributed by atoms with van der Waals surface area (Å²) in [5.41, 5.74) is 3.81. The van der Waals surface area contributed by atoms with E-state index in [0.29, 0.717) is 35.5 Å². The molecule has 0 unspecified atom stereocenters. The summed E-state index contributed by atoms with van der Waals surface area (Å²) in [6.07, 6.45) is 4.73. The molecule has 0 aliphatic carbocycles. The molecule has 0 saturated heterocycles. The van der Waals surface area contributed by atoms with Crippen molar-refractivity contribution in [2.45, 2.75) is 53.6 Å². The van der Waals surface area contributed by atoms with Crippen molar-refractivity contribution in [3.8, 4) is 11.5 Å². The second kappa shape index (κ2) is 10.4. The van der Waals surface area contributed by atoms with Gasteiger partial charge in [-0.25, -0.2) is 4.79 Å². The minimum absolute atomic E-state index is 0.00417. The molecule has 0 bridgehead atoms. The van der Waals surface area contributed by atoms with Crippen LogP contribution in [0.25, 0.3) is 0 Å². The molecule has 1 heterocycles. The molecule has 1 N–H and O–H groups in total. The summed E-state index contributed by atoms with van der Waals surface area (Å²) < 4.78 is 14.7. The first kappa shape index (κ1) is 22.3. The van der Waals surface area contributed by atoms with E-state index in [-0.39, 0.29) is 12.4 Å². The molecule has 2 rings (SSSR count). The second-order valence-electron chi connectivity index (χ2n) is 6.34. The highest BCUT2D eigenvalue weighted by Gasteiger charge is 2.31. The molecule has 1 aromatic rings. The Kier molecular flexibility index (Phi) is 8.59. The molecule has 0 atom stereocenters. The van der Waals surface area contributed by atoms with Crippen LogP contribution in [-0.2, 0) is 27.3 Å². The lowest BCUT2D eigenvalue weighted by Gasteiger charge is -2.15. The molecule has 1 aliphatic rings. The molecule has 27 heavy (non-hydrogen) atoms. The fourth-order valence-electron chi connectivity index (χ4n) is 2.88. The monoisotopic (exact) mass is 376 g/mol. The molecule has 0 saturated carbocycles. The molecule has 148 valence electrons. The van der Waals surface area contributed by atoms with Crippen molar-refractivity contribution in [2.24, 2.45) is 0 Å². The van der Waals surface area contributed by atoms with E-state index in [9.17, 15) is 14.7 Å². The van der Waals surface area contributed by atoms with Crippen LogP contribution in [0, 0.1) is 6.92 Å². The van der Waals surface area contributed by atoms with Crippen LogP contribution in [0.1, 0.15) is 60.7 Å². The van der Waals surface area contributed by atoms with Crippen molar-refractivity contribution in [3.05, 3.63) is 46.2 Å². The summed E-state index contributed by atoms with van der Waals surface area (Å²) in [4.78, 5) is 21.1. The van der Waals surface area contributed by atoms with Crippen molar-refractivity contribution in [1.29, 1.82) is 0 Å². The van der Waals surface area contributed by atoms with Gasteiger partial charge in [-0.2, -0.15) is 0 Å². The van der Waals surface area contributed by atoms with Gasteiger partial charge in [-0.3, -0.25) is 4.79 Å². The van der Waals surface area contributed by atoms with Gasteiger partial charge in [0.2, 0.25) is 0 Å². The highest BCUT2D eigenvalue weighted by molar-refractivity contribution is 5.98. The van der Waals surface area contributed by atoms with Gasteiger partial charge in [0, 0.05) is 11.1 Å².